The molecule has 2 rings (SSSR count). The van der Waals surface area contributed by atoms with Crippen LogP contribution in [0.15, 0.2) is 6.33 Å². The van der Waals surface area contributed by atoms with Crippen LogP contribution in [-0.2, 0) is 11.8 Å². The molecule has 1 N–H and O–H groups in total. The molecule has 2 aromatic heterocycles. The molecule has 0 aliphatic heterocycles. The number of aromatic nitrogens is 4. The van der Waals surface area contributed by atoms with Crippen molar-refractivity contribution in [3.05, 3.63) is 17.8 Å². The minimum atomic E-state index is 0.0116. The SMILES string of the molecule is CCc1nc(C(C)(C)C)c2[nH]cnc2n1. The molecule has 0 unspecified atom stereocenters. The molecule has 80 valence electrons. The van der Waals surface area contributed by atoms with Gasteiger partial charge in [-0.1, -0.05) is 27.7 Å². The third-order valence-corrected chi connectivity index (χ3v) is 2.36. The van der Waals surface area contributed by atoms with Crippen molar-refractivity contribution in [3.63, 3.8) is 0 Å². The van der Waals surface area contributed by atoms with E-state index in [1.54, 1.807) is 6.33 Å². The summed E-state index contributed by atoms with van der Waals surface area (Å²) >= 11 is 0. The fourth-order valence-corrected chi connectivity index (χ4v) is 1.58. The van der Waals surface area contributed by atoms with E-state index in [2.05, 4.69) is 47.6 Å². The predicted molar refractivity (Wildman–Crippen MR) is 59.8 cm³/mol. The van der Waals surface area contributed by atoms with E-state index in [0.717, 1.165) is 29.1 Å². The van der Waals surface area contributed by atoms with Gasteiger partial charge in [0.25, 0.3) is 0 Å². The van der Waals surface area contributed by atoms with Gasteiger partial charge in [-0.25, -0.2) is 15.0 Å². The van der Waals surface area contributed by atoms with Gasteiger partial charge in [-0.2, -0.15) is 0 Å². The van der Waals surface area contributed by atoms with E-state index in [9.17, 15) is 0 Å². The molecule has 0 aromatic carbocycles. The molecule has 2 aromatic rings. The number of aromatic amines is 1. The molecule has 0 atom stereocenters. The maximum Gasteiger partial charge on any atom is 0.181 e. The maximum absolute atomic E-state index is 4.58. The van der Waals surface area contributed by atoms with Crippen LogP contribution in [0.25, 0.3) is 11.2 Å². The van der Waals surface area contributed by atoms with Crippen molar-refractivity contribution < 1.29 is 0 Å². The van der Waals surface area contributed by atoms with Gasteiger partial charge in [0.1, 0.15) is 11.3 Å². The standard InChI is InChI=1S/C11H16N4/c1-5-7-14-9(11(2,3)4)8-10(15-7)13-6-12-8/h6H,5H2,1-4H3,(H,12,13,14,15). The summed E-state index contributed by atoms with van der Waals surface area (Å²) in [5.41, 5.74) is 2.78. The average Bonchev–Trinajstić information content (AvgIpc) is 2.61. The van der Waals surface area contributed by atoms with Crippen LogP contribution >= 0.6 is 0 Å². The number of nitrogens with zero attached hydrogens (tertiary/aromatic N) is 3. The van der Waals surface area contributed by atoms with Crippen LogP contribution in [0.1, 0.15) is 39.2 Å². The fraction of sp³-hybridized carbons (Fsp3) is 0.545. The van der Waals surface area contributed by atoms with Crippen molar-refractivity contribution in [1.29, 1.82) is 0 Å². The van der Waals surface area contributed by atoms with Crippen LogP contribution in [-0.4, -0.2) is 19.9 Å². The molecule has 0 fully saturated rings. The first kappa shape index (κ1) is 10.1. The van der Waals surface area contributed by atoms with Gasteiger partial charge < -0.3 is 4.98 Å². The second-order valence-electron chi connectivity index (χ2n) is 4.69. The summed E-state index contributed by atoms with van der Waals surface area (Å²) < 4.78 is 0. The Morgan fingerprint density at radius 3 is 2.60 bits per heavy atom. The van der Waals surface area contributed by atoms with Gasteiger partial charge >= 0.3 is 0 Å². The van der Waals surface area contributed by atoms with Crippen molar-refractivity contribution in [1.82, 2.24) is 19.9 Å². The van der Waals surface area contributed by atoms with Crippen LogP contribution in [0.4, 0.5) is 0 Å². The van der Waals surface area contributed by atoms with Crippen molar-refractivity contribution in [2.45, 2.75) is 39.5 Å². The summed E-state index contributed by atoms with van der Waals surface area (Å²) in [5, 5.41) is 0. The smallest absolute Gasteiger partial charge is 0.181 e. The number of hydrogen-bond donors (Lipinski definition) is 1. The summed E-state index contributed by atoms with van der Waals surface area (Å²) in [6.07, 6.45) is 2.51. The highest BCUT2D eigenvalue weighted by Gasteiger charge is 2.21. The molecule has 0 spiro atoms. The Morgan fingerprint density at radius 2 is 2.00 bits per heavy atom. The van der Waals surface area contributed by atoms with E-state index in [-0.39, 0.29) is 5.41 Å². The van der Waals surface area contributed by atoms with Crippen LogP contribution in [0, 0.1) is 0 Å². The highest BCUT2D eigenvalue weighted by atomic mass is 15.0. The van der Waals surface area contributed by atoms with E-state index in [1.807, 2.05) is 0 Å². The van der Waals surface area contributed by atoms with E-state index in [1.165, 1.54) is 0 Å². The van der Waals surface area contributed by atoms with Crippen molar-refractivity contribution in [2.24, 2.45) is 0 Å². The molecule has 0 bridgehead atoms. The zero-order valence-corrected chi connectivity index (χ0v) is 9.63. The summed E-state index contributed by atoms with van der Waals surface area (Å²) in [6.45, 7) is 8.50. The van der Waals surface area contributed by atoms with Crippen LogP contribution < -0.4 is 0 Å². The van der Waals surface area contributed by atoms with Gasteiger partial charge in [0.2, 0.25) is 0 Å². The van der Waals surface area contributed by atoms with Gasteiger partial charge in [-0.3, -0.25) is 0 Å². The minimum absolute atomic E-state index is 0.0116. The molecular weight excluding hydrogens is 188 g/mol. The van der Waals surface area contributed by atoms with Gasteiger partial charge in [0, 0.05) is 11.8 Å². The van der Waals surface area contributed by atoms with E-state index >= 15 is 0 Å². The largest absolute Gasteiger partial charge is 0.342 e. The topological polar surface area (TPSA) is 54.5 Å². The summed E-state index contributed by atoms with van der Waals surface area (Å²) in [6, 6.07) is 0. The van der Waals surface area contributed by atoms with E-state index in [0.29, 0.717) is 0 Å². The molecule has 0 aliphatic rings. The van der Waals surface area contributed by atoms with Crippen LogP contribution in [0.2, 0.25) is 0 Å². The number of rotatable bonds is 1. The first-order valence-electron chi connectivity index (χ1n) is 5.23. The lowest BCUT2D eigenvalue weighted by atomic mass is 9.91. The first-order chi connectivity index (χ1) is 7.02. The number of fused-ring (bicyclic) bond motifs is 1. The number of aryl methyl sites for hydroxylation is 1. The van der Waals surface area contributed by atoms with E-state index in [4.69, 9.17) is 0 Å². The number of H-pyrrole nitrogens is 1. The quantitative estimate of drug-likeness (QED) is 0.774. The van der Waals surface area contributed by atoms with Crippen LogP contribution in [0.5, 0.6) is 0 Å². The normalized spacial score (nSPS) is 12.3. The Bertz CT molecular complexity index is 479. The molecule has 15 heavy (non-hydrogen) atoms. The van der Waals surface area contributed by atoms with Gasteiger partial charge in [-0.05, 0) is 0 Å². The molecular formula is C11H16N4. The van der Waals surface area contributed by atoms with Crippen molar-refractivity contribution >= 4 is 11.2 Å². The Kier molecular flexibility index (Phi) is 2.21. The Balaban J connectivity index is 2.74. The molecule has 0 amide bonds. The van der Waals surface area contributed by atoms with Gasteiger partial charge in [0.15, 0.2) is 5.65 Å². The summed E-state index contributed by atoms with van der Waals surface area (Å²) in [5.74, 6) is 0.861. The monoisotopic (exact) mass is 204 g/mol. The lowest BCUT2D eigenvalue weighted by molar-refractivity contribution is 0.569. The second-order valence-corrected chi connectivity index (χ2v) is 4.69. The fourth-order valence-electron chi connectivity index (χ4n) is 1.58. The van der Waals surface area contributed by atoms with Crippen molar-refractivity contribution in [2.75, 3.05) is 0 Å². The van der Waals surface area contributed by atoms with Crippen molar-refractivity contribution in [3.8, 4) is 0 Å². The average molecular weight is 204 g/mol. The lowest BCUT2D eigenvalue weighted by Crippen LogP contribution is -2.16. The molecule has 2 heterocycles. The van der Waals surface area contributed by atoms with Crippen LogP contribution in [0.3, 0.4) is 0 Å². The lowest BCUT2D eigenvalue weighted by Gasteiger charge is -2.18. The minimum Gasteiger partial charge on any atom is -0.342 e. The highest BCUT2D eigenvalue weighted by Crippen LogP contribution is 2.25. The molecule has 0 aliphatic carbocycles. The first-order valence-corrected chi connectivity index (χ1v) is 5.23. The Morgan fingerprint density at radius 1 is 1.27 bits per heavy atom. The van der Waals surface area contributed by atoms with Gasteiger partial charge in [-0.15, -0.1) is 0 Å². The Labute approximate surface area is 89.2 Å². The van der Waals surface area contributed by atoms with Gasteiger partial charge in [0.05, 0.1) is 12.0 Å². The maximum atomic E-state index is 4.58. The molecule has 0 saturated heterocycles. The zero-order chi connectivity index (χ0) is 11.1. The Hall–Kier alpha value is -1.45. The zero-order valence-electron chi connectivity index (χ0n) is 9.63. The molecule has 0 radical (unpaired) electrons. The summed E-state index contributed by atoms with van der Waals surface area (Å²) in [7, 11) is 0. The number of imidazole rings is 1. The number of nitrogens with one attached hydrogen (secondary N) is 1. The van der Waals surface area contributed by atoms with E-state index < -0.39 is 0 Å². The highest BCUT2D eigenvalue weighted by molar-refractivity contribution is 5.73. The second kappa shape index (κ2) is 3.29. The third kappa shape index (κ3) is 1.71. The molecule has 0 saturated carbocycles. The number of hydrogen-bond acceptors (Lipinski definition) is 3. The predicted octanol–water partition coefficient (Wildman–Crippen LogP) is 2.21. The summed E-state index contributed by atoms with van der Waals surface area (Å²) in [4.78, 5) is 16.3. The molecule has 4 nitrogen and oxygen atoms in total. The third-order valence-electron chi connectivity index (χ3n) is 2.36. The molecule has 4 heteroatoms.